The number of carbonyl (C=O) groups excluding carboxylic acids is 1. The molecular formula is C19H22FN3O. The smallest absolute Gasteiger partial charge is 0.223 e. The molecule has 1 fully saturated rings. The molecule has 1 aromatic heterocycles. The molecule has 1 unspecified atom stereocenters. The van der Waals surface area contributed by atoms with Crippen LogP contribution in [0.3, 0.4) is 0 Å². The Morgan fingerprint density at radius 1 is 1.25 bits per heavy atom. The Morgan fingerprint density at radius 3 is 2.83 bits per heavy atom. The maximum Gasteiger partial charge on any atom is 0.223 e. The Kier molecular flexibility index (Phi) is 5.41. The van der Waals surface area contributed by atoms with Gasteiger partial charge in [0, 0.05) is 31.7 Å². The summed E-state index contributed by atoms with van der Waals surface area (Å²) in [6.45, 7) is 1.54. The van der Waals surface area contributed by atoms with Crippen LogP contribution >= 0.6 is 0 Å². The quantitative estimate of drug-likeness (QED) is 0.886. The van der Waals surface area contributed by atoms with Crippen molar-refractivity contribution in [1.82, 2.24) is 9.88 Å². The van der Waals surface area contributed by atoms with Crippen LogP contribution in [0, 0.1) is 5.82 Å². The number of carbonyl (C=O) groups is 1. The Labute approximate surface area is 141 Å². The van der Waals surface area contributed by atoms with Gasteiger partial charge in [-0.2, -0.15) is 0 Å². The molecule has 1 aliphatic heterocycles. The molecule has 1 aliphatic rings. The molecule has 0 spiro atoms. The van der Waals surface area contributed by atoms with E-state index in [9.17, 15) is 9.18 Å². The van der Waals surface area contributed by atoms with E-state index in [0.717, 1.165) is 37.3 Å². The number of halogens is 1. The maximum atomic E-state index is 12.9. The zero-order valence-electron chi connectivity index (χ0n) is 13.6. The number of anilines is 1. The molecule has 0 radical (unpaired) electrons. The number of benzene rings is 1. The van der Waals surface area contributed by atoms with E-state index in [-0.39, 0.29) is 17.8 Å². The highest BCUT2D eigenvalue weighted by molar-refractivity contribution is 5.77. The van der Waals surface area contributed by atoms with Gasteiger partial charge in [-0.05, 0) is 49.1 Å². The van der Waals surface area contributed by atoms with Gasteiger partial charge in [-0.15, -0.1) is 0 Å². The van der Waals surface area contributed by atoms with Crippen LogP contribution in [0.25, 0.3) is 0 Å². The first-order chi connectivity index (χ1) is 11.7. The Morgan fingerprint density at radius 2 is 2.08 bits per heavy atom. The minimum atomic E-state index is -0.245. The third-order valence-electron chi connectivity index (χ3n) is 4.42. The van der Waals surface area contributed by atoms with E-state index in [2.05, 4.69) is 10.3 Å². The number of hydrogen-bond acceptors (Lipinski definition) is 3. The first-order valence-electron chi connectivity index (χ1n) is 8.41. The summed E-state index contributed by atoms with van der Waals surface area (Å²) in [6, 6.07) is 12.3. The second-order valence-electron chi connectivity index (χ2n) is 6.11. The standard InChI is InChI=1S/C19H22FN3O/c20-16-9-6-15(7-10-16)8-11-19(24)23-13-3-4-17(23)14-22-18-5-1-2-12-21-18/h1-2,5-7,9-10,12,17H,3-4,8,11,13-14H2,(H,21,22). The molecule has 0 saturated carbocycles. The number of hydrogen-bond donors (Lipinski definition) is 1. The SMILES string of the molecule is O=C(CCc1ccc(F)cc1)N1CCCC1CNc1ccccn1. The molecule has 0 aliphatic carbocycles. The van der Waals surface area contributed by atoms with Crippen molar-refractivity contribution in [2.45, 2.75) is 31.7 Å². The first kappa shape index (κ1) is 16.4. The van der Waals surface area contributed by atoms with Crippen LogP contribution in [0.2, 0.25) is 0 Å². The van der Waals surface area contributed by atoms with E-state index in [0.29, 0.717) is 12.8 Å². The van der Waals surface area contributed by atoms with Crippen molar-refractivity contribution in [1.29, 1.82) is 0 Å². The summed E-state index contributed by atoms with van der Waals surface area (Å²) in [5, 5.41) is 3.30. The van der Waals surface area contributed by atoms with E-state index in [4.69, 9.17) is 0 Å². The largest absolute Gasteiger partial charge is 0.368 e. The lowest BCUT2D eigenvalue weighted by molar-refractivity contribution is -0.131. The van der Waals surface area contributed by atoms with E-state index < -0.39 is 0 Å². The summed E-state index contributed by atoms with van der Waals surface area (Å²) in [5.41, 5.74) is 0.993. The Hall–Kier alpha value is -2.43. The number of amides is 1. The molecule has 1 amide bonds. The van der Waals surface area contributed by atoms with Gasteiger partial charge in [0.05, 0.1) is 0 Å². The molecule has 1 saturated heterocycles. The first-order valence-corrected chi connectivity index (χ1v) is 8.41. The van der Waals surface area contributed by atoms with Crippen molar-refractivity contribution >= 4 is 11.7 Å². The van der Waals surface area contributed by atoms with Gasteiger partial charge >= 0.3 is 0 Å². The van der Waals surface area contributed by atoms with Gasteiger partial charge in [0.15, 0.2) is 0 Å². The van der Waals surface area contributed by atoms with Crippen molar-refractivity contribution in [3.63, 3.8) is 0 Å². The predicted molar refractivity (Wildman–Crippen MR) is 92.2 cm³/mol. The number of rotatable bonds is 6. The molecule has 1 N–H and O–H groups in total. The van der Waals surface area contributed by atoms with Crippen LogP contribution in [0.4, 0.5) is 10.2 Å². The molecule has 126 valence electrons. The number of likely N-dealkylation sites (tertiary alicyclic amines) is 1. The van der Waals surface area contributed by atoms with Gasteiger partial charge in [-0.25, -0.2) is 9.37 Å². The van der Waals surface area contributed by atoms with Crippen LogP contribution in [0.1, 0.15) is 24.8 Å². The number of aryl methyl sites for hydroxylation is 1. The molecule has 0 bridgehead atoms. The van der Waals surface area contributed by atoms with Crippen molar-refractivity contribution in [3.05, 3.63) is 60.0 Å². The lowest BCUT2D eigenvalue weighted by Crippen LogP contribution is -2.39. The van der Waals surface area contributed by atoms with Crippen molar-refractivity contribution in [2.24, 2.45) is 0 Å². The van der Waals surface area contributed by atoms with Gasteiger partial charge in [-0.1, -0.05) is 18.2 Å². The van der Waals surface area contributed by atoms with E-state index in [1.54, 1.807) is 18.3 Å². The highest BCUT2D eigenvalue weighted by atomic mass is 19.1. The lowest BCUT2D eigenvalue weighted by Gasteiger charge is -2.25. The third kappa shape index (κ3) is 4.31. The van der Waals surface area contributed by atoms with Gasteiger partial charge in [0.2, 0.25) is 5.91 Å². The summed E-state index contributed by atoms with van der Waals surface area (Å²) in [4.78, 5) is 18.7. The molecule has 2 aromatic rings. The monoisotopic (exact) mass is 327 g/mol. The molecule has 3 rings (SSSR count). The highest BCUT2D eigenvalue weighted by Gasteiger charge is 2.28. The minimum Gasteiger partial charge on any atom is -0.368 e. The summed E-state index contributed by atoms with van der Waals surface area (Å²) < 4.78 is 12.9. The van der Waals surface area contributed by atoms with Crippen LogP contribution in [-0.2, 0) is 11.2 Å². The zero-order valence-corrected chi connectivity index (χ0v) is 13.6. The fraction of sp³-hybridized carbons (Fsp3) is 0.368. The number of pyridine rings is 1. The van der Waals surface area contributed by atoms with E-state index >= 15 is 0 Å². The molecule has 1 aromatic carbocycles. The van der Waals surface area contributed by atoms with Gasteiger partial charge in [-0.3, -0.25) is 4.79 Å². The molecule has 2 heterocycles. The van der Waals surface area contributed by atoms with Crippen LogP contribution in [0.5, 0.6) is 0 Å². The summed E-state index contributed by atoms with van der Waals surface area (Å²) in [6.07, 6.45) is 4.92. The highest BCUT2D eigenvalue weighted by Crippen LogP contribution is 2.19. The normalized spacial score (nSPS) is 17.0. The fourth-order valence-corrected chi connectivity index (χ4v) is 3.11. The topological polar surface area (TPSA) is 45.2 Å². The van der Waals surface area contributed by atoms with Gasteiger partial charge in [0.25, 0.3) is 0 Å². The second-order valence-corrected chi connectivity index (χ2v) is 6.11. The maximum absolute atomic E-state index is 12.9. The van der Waals surface area contributed by atoms with E-state index in [1.807, 2.05) is 23.1 Å². The summed E-state index contributed by atoms with van der Waals surface area (Å²) in [5.74, 6) is 0.762. The van der Waals surface area contributed by atoms with Crippen LogP contribution in [-0.4, -0.2) is 34.9 Å². The molecule has 24 heavy (non-hydrogen) atoms. The van der Waals surface area contributed by atoms with Crippen LogP contribution < -0.4 is 5.32 Å². The lowest BCUT2D eigenvalue weighted by atomic mass is 10.1. The predicted octanol–water partition coefficient (Wildman–Crippen LogP) is 3.26. The van der Waals surface area contributed by atoms with E-state index in [1.165, 1.54) is 12.1 Å². The fourth-order valence-electron chi connectivity index (χ4n) is 3.11. The number of aromatic nitrogens is 1. The number of nitrogens with one attached hydrogen (secondary N) is 1. The van der Waals surface area contributed by atoms with Crippen LogP contribution in [0.15, 0.2) is 48.7 Å². The Balaban J connectivity index is 1.50. The second kappa shape index (κ2) is 7.90. The number of nitrogens with zero attached hydrogens (tertiary/aromatic N) is 2. The molecule has 1 atom stereocenters. The molecule has 5 heteroatoms. The average Bonchev–Trinajstić information content (AvgIpc) is 3.09. The van der Waals surface area contributed by atoms with Gasteiger partial charge < -0.3 is 10.2 Å². The summed E-state index contributed by atoms with van der Waals surface area (Å²) >= 11 is 0. The third-order valence-corrected chi connectivity index (χ3v) is 4.42. The van der Waals surface area contributed by atoms with Crippen molar-refractivity contribution < 1.29 is 9.18 Å². The Bertz CT molecular complexity index is 660. The molecular weight excluding hydrogens is 305 g/mol. The molecule has 4 nitrogen and oxygen atoms in total. The minimum absolute atomic E-state index is 0.171. The average molecular weight is 327 g/mol. The van der Waals surface area contributed by atoms with Gasteiger partial charge in [0.1, 0.15) is 11.6 Å². The summed E-state index contributed by atoms with van der Waals surface area (Å²) in [7, 11) is 0. The van der Waals surface area contributed by atoms with Crippen molar-refractivity contribution in [3.8, 4) is 0 Å². The zero-order chi connectivity index (χ0) is 16.8. The van der Waals surface area contributed by atoms with Crippen molar-refractivity contribution in [2.75, 3.05) is 18.4 Å².